The van der Waals surface area contributed by atoms with Gasteiger partial charge < -0.3 is 14.7 Å². The molecule has 0 aromatic carbocycles. The van der Waals surface area contributed by atoms with Gasteiger partial charge in [0.2, 0.25) is 0 Å². The number of likely N-dealkylation sites (tertiary alicyclic amines) is 1. The monoisotopic (exact) mass is 225 g/mol. The van der Waals surface area contributed by atoms with Gasteiger partial charge in [-0.3, -0.25) is 0 Å². The van der Waals surface area contributed by atoms with E-state index in [4.69, 9.17) is 0 Å². The van der Waals surface area contributed by atoms with Crippen LogP contribution in [-0.2, 0) is 0 Å². The first-order chi connectivity index (χ1) is 7.70. The van der Waals surface area contributed by atoms with E-state index in [0.29, 0.717) is 0 Å². The van der Waals surface area contributed by atoms with Gasteiger partial charge in [-0.1, -0.05) is 13.3 Å². The highest BCUT2D eigenvalue weighted by Crippen LogP contribution is 2.20. The van der Waals surface area contributed by atoms with Crippen LogP contribution in [0, 0.1) is 5.92 Å². The van der Waals surface area contributed by atoms with Gasteiger partial charge in [0.1, 0.15) is 0 Å². The van der Waals surface area contributed by atoms with Crippen LogP contribution in [0.5, 0.6) is 0 Å². The number of carbonyl (C=O) groups is 1. The predicted octanol–water partition coefficient (Wildman–Crippen LogP) is 1.09. The number of amides is 2. The Morgan fingerprint density at radius 2 is 1.81 bits per heavy atom. The summed E-state index contributed by atoms with van der Waals surface area (Å²) in [5.41, 5.74) is 0. The maximum atomic E-state index is 12.2. The van der Waals surface area contributed by atoms with Crippen molar-refractivity contribution in [2.45, 2.75) is 19.8 Å². The molecule has 0 aromatic rings. The average Bonchev–Trinajstić information content (AvgIpc) is 2.77. The number of hydrogen-bond acceptors (Lipinski definition) is 2. The van der Waals surface area contributed by atoms with Crippen molar-refractivity contribution in [3.8, 4) is 0 Å². The summed E-state index contributed by atoms with van der Waals surface area (Å²) in [5, 5.41) is 0. The van der Waals surface area contributed by atoms with Crippen molar-refractivity contribution in [1.82, 2.24) is 14.7 Å². The summed E-state index contributed by atoms with van der Waals surface area (Å²) < 4.78 is 0. The zero-order valence-electron chi connectivity index (χ0n) is 10.5. The van der Waals surface area contributed by atoms with Crippen molar-refractivity contribution in [2.24, 2.45) is 5.92 Å². The van der Waals surface area contributed by atoms with Crippen LogP contribution < -0.4 is 0 Å². The lowest BCUT2D eigenvalue weighted by Crippen LogP contribution is -2.51. The number of piperazine rings is 1. The van der Waals surface area contributed by atoms with E-state index in [9.17, 15) is 4.79 Å². The van der Waals surface area contributed by atoms with Crippen LogP contribution >= 0.6 is 0 Å². The Morgan fingerprint density at radius 1 is 1.12 bits per heavy atom. The van der Waals surface area contributed by atoms with Crippen LogP contribution in [0.25, 0.3) is 0 Å². The fourth-order valence-electron chi connectivity index (χ4n) is 2.54. The van der Waals surface area contributed by atoms with Gasteiger partial charge in [0.15, 0.2) is 0 Å². The summed E-state index contributed by atoms with van der Waals surface area (Å²) in [6, 6.07) is 0.268. The molecule has 0 aliphatic carbocycles. The Kier molecular flexibility index (Phi) is 3.69. The highest BCUT2D eigenvalue weighted by atomic mass is 16.2. The van der Waals surface area contributed by atoms with Gasteiger partial charge in [0.25, 0.3) is 0 Å². The van der Waals surface area contributed by atoms with E-state index in [-0.39, 0.29) is 6.03 Å². The van der Waals surface area contributed by atoms with Crippen molar-refractivity contribution >= 4 is 6.03 Å². The first kappa shape index (κ1) is 11.7. The van der Waals surface area contributed by atoms with E-state index in [1.54, 1.807) is 0 Å². The molecule has 2 fully saturated rings. The molecule has 2 amide bonds. The Morgan fingerprint density at radius 3 is 2.38 bits per heavy atom. The van der Waals surface area contributed by atoms with Crippen LogP contribution in [-0.4, -0.2) is 67.0 Å². The molecule has 4 nitrogen and oxygen atoms in total. The highest BCUT2D eigenvalue weighted by Gasteiger charge is 2.29. The number of likely N-dealkylation sites (N-methyl/N-ethyl adjacent to an activating group) is 1. The topological polar surface area (TPSA) is 26.8 Å². The third-order valence-electron chi connectivity index (χ3n) is 3.91. The van der Waals surface area contributed by atoms with Gasteiger partial charge >= 0.3 is 6.03 Å². The Balaban J connectivity index is 1.83. The molecule has 0 saturated carbocycles. The van der Waals surface area contributed by atoms with Gasteiger partial charge in [-0.05, 0) is 19.4 Å². The Labute approximate surface area is 98.2 Å². The van der Waals surface area contributed by atoms with Crippen molar-refractivity contribution < 1.29 is 4.79 Å². The third kappa shape index (κ3) is 2.48. The second-order valence-corrected chi connectivity index (χ2v) is 5.08. The first-order valence-electron chi connectivity index (χ1n) is 6.43. The summed E-state index contributed by atoms with van der Waals surface area (Å²) in [5.74, 6) is 0.733. The number of hydrogen-bond donors (Lipinski definition) is 0. The second-order valence-electron chi connectivity index (χ2n) is 5.08. The van der Waals surface area contributed by atoms with Gasteiger partial charge in [-0.2, -0.15) is 0 Å². The molecule has 2 saturated heterocycles. The highest BCUT2D eigenvalue weighted by molar-refractivity contribution is 5.74. The maximum absolute atomic E-state index is 12.2. The van der Waals surface area contributed by atoms with Crippen molar-refractivity contribution in [2.75, 3.05) is 46.3 Å². The van der Waals surface area contributed by atoms with Crippen LogP contribution in [0.4, 0.5) is 4.79 Å². The molecule has 2 rings (SSSR count). The second kappa shape index (κ2) is 5.04. The summed E-state index contributed by atoms with van der Waals surface area (Å²) in [7, 11) is 2.12. The standard InChI is InChI=1S/C12H23N3O/c1-3-11-4-5-15(10-11)12(16)14-8-6-13(2)7-9-14/h11H,3-10H2,1-2H3. The lowest BCUT2D eigenvalue weighted by molar-refractivity contribution is 0.128. The molecule has 2 aliphatic rings. The number of nitrogens with zero attached hydrogens (tertiary/aromatic N) is 3. The molecule has 0 bridgehead atoms. The molecule has 16 heavy (non-hydrogen) atoms. The third-order valence-corrected chi connectivity index (χ3v) is 3.91. The van der Waals surface area contributed by atoms with Crippen LogP contribution in [0.1, 0.15) is 19.8 Å². The zero-order valence-corrected chi connectivity index (χ0v) is 10.5. The van der Waals surface area contributed by atoms with E-state index in [1.807, 2.05) is 9.80 Å². The summed E-state index contributed by atoms with van der Waals surface area (Å²) in [6.07, 6.45) is 2.39. The quantitative estimate of drug-likeness (QED) is 0.668. The summed E-state index contributed by atoms with van der Waals surface area (Å²) in [6.45, 7) is 7.96. The zero-order chi connectivity index (χ0) is 11.5. The minimum absolute atomic E-state index is 0.268. The summed E-state index contributed by atoms with van der Waals surface area (Å²) >= 11 is 0. The molecule has 0 radical (unpaired) electrons. The first-order valence-corrected chi connectivity index (χ1v) is 6.43. The lowest BCUT2D eigenvalue weighted by atomic mass is 10.1. The molecule has 92 valence electrons. The lowest BCUT2D eigenvalue weighted by Gasteiger charge is -2.35. The largest absolute Gasteiger partial charge is 0.324 e. The fraction of sp³-hybridized carbons (Fsp3) is 0.917. The molecule has 0 aromatic heterocycles. The molecule has 2 heterocycles. The van der Waals surface area contributed by atoms with Crippen molar-refractivity contribution in [3.05, 3.63) is 0 Å². The Bertz CT molecular complexity index is 245. The number of urea groups is 1. The van der Waals surface area contributed by atoms with Gasteiger partial charge in [-0.15, -0.1) is 0 Å². The van der Waals surface area contributed by atoms with Crippen molar-refractivity contribution in [3.63, 3.8) is 0 Å². The van der Waals surface area contributed by atoms with Crippen molar-refractivity contribution in [1.29, 1.82) is 0 Å². The van der Waals surface area contributed by atoms with E-state index in [0.717, 1.165) is 45.2 Å². The minimum atomic E-state index is 0.268. The number of carbonyl (C=O) groups excluding carboxylic acids is 1. The molecule has 0 N–H and O–H groups in total. The molecule has 2 aliphatic heterocycles. The van der Waals surface area contributed by atoms with Crippen LogP contribution in [0.15, 0.2) is 0 Å². The molecule has 0 spiro atoms. The minimum Gasteiger partial charge on any atom is -0.324 e. The fourth-order valence-corrected chi connectivity index (χ4v) is 2.54. The number of rotatable bonds is 1. The predicted molar refractivity (Wildman–Crippen MR) is 64.4 cm³/mol. The molecular formula is C12H23N3O. The van der Waals surface area contributed by atoms with E-state index in [1.165, 1.54) is 12.8 Å². The van der Waals surface area contributed by atoms with Gasteiger partial charge in [0, 0.05) is 39.3 Å². The SMILES string of the molecule is CCC1CCN(C(=O)N2CCN(C)CC2)C1. The van der Waals surface area contributed by atoms with Crippen LogP contribution in [0.3, 0.4) is 0 Å². The van der Waals surface area contributed by atoms with Gasteiger partial charge in [0.05, 0.1) is 0 Å². The smallest absolute Gasteiger partial charge is 0.320 e. The van der Waals surface area contributed by atoms with E-state index in [2.05, 4.69) is 18.9 Å². The molecular weight excluding hydrogens is 202 g/mol. The van der Waals surface area contributed by atoms with Crippen LogP contribution in [0.2, 0.25) is 0 Å². The summed E-state index contributed by atoms with van der Waals surface area (Å²) in [4.78, 5) is 18.5. The molecule has 4 heteroatoms. The average molecular weight is 225 g/mol. The normalized spacial score (nSPS) is 27.5. The molecule has 1 atom stereocenters. The van der Waals surface area contributed by atoms with Gasteiger partial charge in [-0.25, -0.2) is 4.79 Å². The Hall–Kier alpha value is -0.770. The maximum Gasteiger partial charge on any atom is 0.320 e. The molecule has 1 unspecified atom stereocenters. The van der Waals surface area contributed by atoms with E-state index >= 15 is 0 Å². The van der Waals surface area contributed by atoms with E-state index < -0.39 is 0 Å².